The van der Waals surface area contributed by atoms with Crippen molar-refractivity contribution in [3.63, 3.8) is 0 Å². The summed E-state index contributed by atoms with van der Waals surface area (Å²) in [6.07, 6.45) is 9.36. The maximum atomic E-state index is 14.0. The SMILES string of the molecule is Cc1ccn(C(C)CP(=O)(CCc2ccccn2)CCc2ccccn2)c1C. The molecule has 0 amide bonds. The molecule has 0 aliphatic rings. The smallest absolute Gasteiger partial charge is 0.0905 e. The lowest BCUT2D eigenvalue weighted by molar-refractivity contribution is 0.543. The van der Waals surface area contributed by atoms with Gasteiger partial charge in [-0.15, -0.1) is 0 Å². The van der Waals surface area contributed by atoms with Crippen molar-refractivity contribution in [3.8, 4) is 0 Å². The molecule has 0 aliphatic heterocycles. The van der Waals surface area contributed by atoms with Gasteiger partial charge in [-0.05, 0) is 69.5 Å². The lowest BCUT2D eigenvalue weighted by atomic mass is 10.3. The van der Waals surface area contributed by atoms with Gasteiger partial charge in [0.2, 0.25) is 0 Å². The molecular weight excluding hydrogens is 365 g/mol. The topological polar surface area (TPSA) is 47.8 Å². The summed E-state index contributed by atoms with van der Waals surface area (Å²) in [5, 5.41) is 0. The molecule has 3 aromatic heterocycles. The summed E-state index contributed by atoms with van der Waals surface area (Å²) in [5.41, 5.74) is 4.57. The molecule has 1 atom stereocenters. The minimum absolute atomic E-state index is 0.215. The molecule has 28 heavy (non-hydrogen) atoms. The summed E-state index contributed by atoms with van der Waals surface area (Å²) in [6, 6.07) is 14.2. The summed E-state index contributed by atoms with van der Waals surface area (Å²) in [6.45, 7) is 6.44. The molecule has 0 aliphatic carbocycles. The van der Waals surface area contributed by atoms with Crippen LogP contribution in [-0.2, 0) is 17.4 Å². The number of rotatable bonds is 9. The Balaban J connectivity index is 1.74. The molecular formula is C23H30N3OP. The van der Waals surface area contributed by atoms with E-state index in [1.54, 1.807) is 0 Å². The van der Waals surface area contributed by atoms with Crippen molar-refractivity contribution in [2.45, 2.75) is 39.7 Å². The van der Waals surface area contributed by atoms with E-state index in [1.807, 2.05) is 48.8 Å². The van der Waals surface area contributed by atoms with E-state index in [9.17, 15) is 4.57 Å². The lowest BCUT2D eigenvalue weighted by Crippen LogP contribution is -2.15. The first-order valence-corrected chi connectivity index (χ1v) is 12.2. The first kappa shape index (κ1) is 20.5. The molecule has 3 rings (SSSR count). The average molecular weight is 395 g/mol. The molecule has 5 heteroatoms. The summed E-state index contributed by atoms with van der Waals surface area (Å²) in [4.78, 5) is 8.83. The fraction of sp³-hybridized carbons (Fsp3) is 0.391. The summed E-state index contributed by atoms with van der Waals surface area (Å²) < 4.78 is 16.3. The van der Waals surface area contributed by atoms with Crippen LogP contribution in [0.1, 0.15) is 35.6 Å². The van der Waals surface area contributed by atoms with Crippen LogP contribution in [0.3, 0.4) is 0 Å². The fourth-order valence-corrected chi connectivity index (χ4v) is 6.70. The van der Waals surface area contributed by atoms with Gasteiger partial charge in [0.1, 0.15) is 0 Å². The quantitative estimate of drug-likeness (QED) is 0.462. The average Bonchev–Trinajstić information content (AvgIpc) is 3.05. The van der Waals surface area contributed by atoms with Crippen LogP contribution in [0.4, 0.5) is 0 Å². The number of nitrogens with zero attached hydrogens (tertiary/aromatic N) is 3. The largest absolute Gasteiger partial charge is 0.348 e. The van der Waals surface area contributed by atoms with Crippen LogP contribution < -0.4 is 0 Å². The van der Waals surface area contributed by atoms with Crippen molar-refractivity contribution in [1.29, 1.82) is 0 Å². The number of aryl methyl sites for hydroxylation is 3. The second kappa shape index (κ2) is 9.34. The van der Waals surface area contributed by atoms with Gasteiger partial charge in [0.05, 0.1) is 7.14 Å². The molecule has 0 radical (unpaired) electrons. The zero-order chi connectivity index (χ0) is 20.0. The standard InChI is InChI=1S/C23H30N3OP/c1-19-10-15-26(21(19)3)20(2)18-28(27,16-11-22-8-4-6-13-24-22)17-12-23-9-5-7-14-25-23/h4-10,13-15,20H,11-12,16-18H2,1-3H3. The predicted molar refractivity (Wildman–Crippen MR) is 117 cm³/mol. The summed E-state index contributed by atoms with van der Waals surface area (Å²) in [7, 11) is -2.38. The van der Waals surface area contributed by atoms with E-state index in [1.165, 1.54) is 11.3 Å². The number of pyridine rings is 2. The molecule has 0 aromatic carbocycles. The van der Waals surface area contributed by atoms with Crippen molar-refractivity contribution in [2.24, 2.45) is 0 Å². The van der Waals surface area contributed by atoms with Crippen molar-refractivity contribution in [2.75, 3.05) is 18.5 Å². The van der Waals surface area contributed by atoms with Gasteiger partial charge in [0.15, 0.2) is 0 Å². The number of hydrogen-bond donors (Lipinski definition) is 0. The van der Waals surface area contributed by atoms with Crippen molar-refractivity contribution >= 4 is 7.14 Å². The molecule has 0 saturated heterocycles. The van der Waals surface area contributed by atoms with Crippen LogP contribution in [0.25, 0.3) is 0 Å². The highest BCUT2D eigenvalue weighted by Crippen LogP contribution is 2.49. The summed E-state index contributed by atoms with van der Waals surface area (Å²) >= 11 is 0. The van der Waals surface area contributed by atoms with Crippen molar-refractivity contribution in [1.82, 2.24) is 14.5 Å². The Morgan fingerprint density at radius 3 is 1.93 bits per heavy atom. The highest BCUT2D eigenvalue weighted by Gasteiger charge is 2.26. The third-order valence-electron chi connectivity index (χ3n) is 5.52. The molecule has 4 nitrogen and oxygen atoms in total. The van der Waals surface area contributed by atoms with Crippen LogP contribution >= 0.6 is 7.14 Å². The highest BCUT2D eigenvalue weighted by molar-refractivity contribution is 7.63. The van der Waals surface area contributed by atoms with E-state index in [0.717, 1.165) is 24.2 Å². The fourth-order valence-electron chi connectivity index (χ4n) is 3.70. The van der Waals surface area contributed by atoms with Crippen LogP contribution in [0.2, 0.25) is 0 Å². The maximum absolute atomic E-state index is 14.0. The van der Waals surface area contributed by atoms with Crippen LogP contribution in [0.5, 0.6) is 0 Å². The molecule has 3 aromatic rings. The Morgan fingerprint density at radius 1 is 0.929 bits per heavy atom. The third kappa shape index (κ3) is 5.42. The van der Waals surface area contributed by atoms with Crippen molar-refractivity contribution in [3.05, 3.63) is 83.7 Å². The molecule has 0 bridgehead atoms. The van der Waals surface area contributed by atoms with E-state index in [0.29, 0.717) is 18.5 Å². The molecule has 0 spiro atoms. The van der Waals surface area contributed by atoms with E-state index >= 15 is 0 Å². The maximum Gasteiger partial charge on any atom is 0.0905 e. The molecule has 0 fully saturated rings. The van der Waals surface area contributed by atoms with Crippen LogP contribution in [0, 0.1) is 13.8 Å². The molecule has 1 unspecified atom stereocenters. The minimum Gasteiger partial charge on any atom is -0.348 e. The van der Waals surface area contributed by atoms with E-state index in [2.05, 4.69) is 47.6 Å². The van der Waals surface area contributed by atoms with Gasteiger partial charge in [0.25, 0.3) is 0 Å². The third-order valence-corrected chi connectivity index (χ3v) is 8.79. The van der Waals surface area contributed by atoms with Gasteiger partial charge in [-0.3, -0.25) is 9.97 Å². The number of aromatic nitrogens is 3. The first-order chi connectivity index (χ1) is 13.5. The van der Waals surface area contributed by atoms with E-state index in [4.69, 9.17) is 0 Å². The Kier molecular flexibility index (Phi) is 6.85. The Morgan fingerprint density at radius 2 is 1.50 bits per heavy atom. The summed E-state index contributed by atoms with van der Waals surface area (Å²) in [5.74, 6) is 0. The van der Waals surface area contributed by atoms with Crippen LogP contribution in [-0.4, -0.2) is 33.0 Å². The van der Waals surface area contributed by atoms with Gasteiger partial charge in [-0.1, -0.05) is 12.1 Å². The molecule has 3 heterocycles. The van der Waals surface area contributed by atoms with Gasteiger partial charge in [-0.25, -0.2) is 0 Å². The van der Waals surface area contributed by atoms with Gasteiger partial charge in [-0.2, -0.15) is 0 Å². The van der Waals surface area contributed by atoms with E-state index < -0.39 is 7.14 Å². The second-order valence-electron chi connectivity index (χ2n) is 7.67. The molecule has 0 N–H and O–H groups in total. The Labute approximate surface area is 168 Å². The van der Waals surface area contributed by atoms with Gasteiger partial charge >= 0.3 is 0 Å². The highest BCUT2D eigenvalue weighted by atomic mass is 31.2. The zero-order valence-electron chi connectivity index (χ0n) is 17.1. The zero-order valence-corrected chi connectivity index (χ0v) is 18.0. The molecule has 148 valence electrons. The monoisotopic (exact) mass is 395 g/mol. The lowest BCUT2D eigenvalue weighted by Gasteiger charge is -2.24. The Bertz CT molecular complexity index is 874. The van der Waals surface area contributed by atoms with E-state index in [-0.39, 0.29) is 6.04 Å². The van der Waals surface area contributed by atoms with Gasteiger partial charge < -0.3 is 9.13 Å². The Hall–Kier alpha value is -2.19. The molecule has 0 saturated carbocycles. The van der Waals surface area contributed by atoms with Gasteiger partial charge in [0, 0.05) is 60.2 Å². The minimum atomic E-state index is -2.38. The van der Waals surface area contributed by atoms with Crippen molar-refractivity contribution < 1.29 is 4.57 Å². The van der Waals surface area contributed by atoms with Crippen LogP contribution in [0.15, 0.2) is 61.1 Å². The second-order valence-corrected chi connectivity index (χ2v) is 11.0. The normalized spacial score (nSPS) is 12.8. The predicted octanol–water partition coefficient (Wildman–Crippen LogP) is 5.30. The first-order valence-electron chi connectivity index (χ1n) is 9.98. The number of hydrogen-bond acceptors (Lipinski definition) is 3.